The Labute approximate surface area is 113 Å². The molecule has 0 bridgehead atoms. The van der Waals surface area contributed by atoms with Crippen molar-refractivity contribution >= 4 is 5.91 Å². The van der Waals surface area contributed by atoms with Crippen molar-refractivity contribution in [1.82, 2.24) is 4.90 Å². The van der Waals surface area contributed by atoms with Crippen LogP contribution in [0.4, 0.5) is 4.39 Å². The fourth-order valence-corrected chi connectivity index (χ4v) is 2.69. The van der Waals surface area contributed by atoms with Crippen LogP contribution in [-0.2, 0) is 4.79 Å². The van der Waals surface area contributed by atoms with Gasteiger partial charge in [-0.3, -0.25) is 4.79 Å². The van der Waals surface area contributed by atoms with Crippen LogP contribution >= 0.6 is 0 Å². The zero-order chi connectivity index (χ0) is 14.0. The quantitative estimate of drug-likeness (QED) is 0.889. The number of nitrogens with zero attached hydrogens (tertiary/aromatic N) is 1. The van der Waals surface area contributed by atoms with Crippen LogP contribution in [0.25, 0.3) is 0 Å². The molecule has 1 aromatic rings. The second-order valence-electron chi connectivity index (χ2n) is 5.65. The molecule has 0 saturated carbocycles. The van der Waals surface area contributed by atoms with E-state index in [1.54, 1.807) is 12.1 Å². The van der Waals surface area contributed by atoms with Gasteiger partial charge in [-0.1, -0.05) is 26.0 Å². The second-order valence-corrected chi connectivity index (χ2v) is 5.65. The summed E-state index contributed by atoms with van der Waals surface area (Å²) < 4.78 is 13.3. The van der Waals surface area contributed by atoms with Gasteiger partial charge in [0.05, 0.1) is 0 Å². The van der Waals surface area contributed by atoms with Crippen LogP contribution in [0.5, 0.6) is 0 Å². The Morgan fingerprint density at radius 1 is 1.42 bits per heavy atom. The molecule has 0 aromatic heterocycles. The summed E-state index contributed by atoms with van der Waals surface area (Å²) in [6.45, 7) is 5.01. The van der Waals surface area contributed by atoms with Crippen molar-refractivity contribution in [3.8, 4) is 0 Å². The molecule has 1 amide bonds. The molecule has 3 nitrogen and oxygen atoms in total. The van der Waals surface area contributed by atoms with Gasteiger partial charge in [-0.2, -0.15) is 0 Å². The monoisotopic (exact) mass is 264 g/mol. The van der Waals surface area contributed by atoms with E-state index in [0.29, 0.717) is 13.1 Å². The average molecular weight is 264 g/mol. The van der Waals surface area contributed by atoms with Crippen molar-refractivity contribution in [3.05, 3.63) is 35.6 Å². The van der Waals surface area contributed by atoms with Crippen LogP contribution in [0, 0.1) is 11.7 Å². The smallest absolute Gasteiger partial charge is 0.225 e. The number of halogens is 1. The van der Waals surface area contributed by atoms with Crippen LogP contribution in [0.3, 0.4) is 0 Å². The van der Waals surface area contributed by atoms with Gasteiger partial charge in [0.15, 0.2) is 0 Å². The topological polar surface area (TPSA) is 46.3 Å². The molecule has 2 atom stereocenters. The molecule has 1 aliphatic rings. The molecule has 104 valence electrons. The van der Waals surface area contributed by atoms with Gasteiger partial charge >= 0.3 is 0 Å². The van der Waals surface area contributed by atoms with Gasteiger partial charge in [0.2, 0.25) is 5.91 Å². The van der Waals surface area contributed by atoms with E-state index in [4.69, 9.17) is 5.73 Å². The lowest BCUT2D eigenvalue weighted by Crippen LogP contribution is -2.49. The summed E-state index contributed by atoms with van der Waals surface area (Å²) in [7, 11) is 0. The highest BCUT2D eigenvalue weighted by molar-refractivity contribution is 5.78. The molecule has 1 fully saturated rings. The molecule has 0 radical (unpaired) electrons. The highest BCUT2D eigenvalue weighted by Crippen LogP contribution is 2.27. The molecule has 4 heteroatoms. The number of hydrogen-bond donors (Lipinski definition) is 1. The third kappa shape index (κ3) is 3.32. The van der Waals surface area contributed by atoms with Crippen LogP contribution in [0.1, 0.15) is 31.7 Å². The summed E-state index contributed by atoms with van der Waals surface area (Å²) >= 11 is 0. The van der Waals surface area contributed by atoms with Crippen molar-refractivity contribution < 1.29 is 9.18 Å². The Balaban J connectivity index is 2.16. The molecule has 19 heavy (non-hydrogen) atoms. The van der Waals surface area contributed by atoms with Gasteiger partial charge in [0.25, 0.3) is 0 Å². The SMILES string of the molecule is CC(C)C(=O)N1CC(N)CC(c2cccc(F)c2)C1. The normalized spacial score (nSPS) is 23.7. The summed E-state index contributed by atoms with van der Waals surface area (Å²) in [6, 6.07) is 6.55. The minimum Gasteiger partial charge on any atom is -0.340 e. The maximum absolute atomic E-state index is 13.3. The molecule has 0 spiro atoms. The van der Waals surface area contributed by atoms with E-state index >= 15 is 0 Å². The van der Waals surface area contributed by atoms with Gasteiger partial charge in [0, 0.05) is 31.0 Å². The number of nitrogens with two attached hydrogens (primary N) is 1. The zero-order valence-electron chi connectivity index (χ0n) is 11.5. The van der Waals surface area contributed by atoms with E-state index in [0.717, 1.165) is 12.0 Å². The highest BCUT2D eigenvalue weighted by Gasteiger charge is 2.30. The Bertz CT molecular complexity index is 461. The number of benzene rings is 1. The highest BCUT2D eigenvalue weighted by atomic mass is 19.1. The molecular formula is C15H21FN2O. The third-order valence-electron chi connectivity index (χ3n) is 3.61. The summed E-state index contributed by atoms with van der Waals surface area (Å²) in [5.41, 5.74) is 6.97. The van der Waals surface area contributed by atoms with Crippen molar-refractivity contribution in [2.24, 2.45) is 11.7 Å². The first kappa shape index (κ1) is 14.0. The van der Waals surface area contributed by atoms with E-state index in [2.05, 4.69) is 0 Å². The first-order chi connectivity index (χ1) is 8.97. The minimum absolute atomic E-state index is 0.0292. The van der Waals surface area contributed by atoms with Gasteiger partial charge in [0.1, 0.15) is 5.82 Å². The number of carbonyl (C=O) groups excluding carboxylic acids is 1. The predicted octanol–water partition coefficient (Wildman–Crippen LogP) is 2.12. The lowest BCUT2D eigenvalue weighted by Gasteiger charge is -2.37. The van der Waals surface area contributed by atoms with Crippen LogP contribution < -0.4 is 5.73 Å². The van der Waals surface area contributed by atoms with Crippen LogP contribution in [-0.4, -0.2) is 29.9 Å². The fraction of sp³-hybridized carbons (Fsp3) is 0.533. The van der Waals surface area contributed by atoms with Gasteiger partial charge in [-0.05, 0) is 24.1 Å². The number of rotatable bonds is 2. The molecule has 0 aliphatic carbocycles. The maximum Gasteiger partial charge on any atom is 0.225 e. The number of amides is 1. The van der Waals surface area contributed by atoms with Crippen molar-refractivity contribution in [2.75, 3.05) is 13.1 Å². The van der Waals surface area contributed by atoms with Crippen molar-refractivity contribution in [1.29, 1.82) is 0 Å². The van der Waals surface area contributed by atoms with Crippen molar-refractivity contribution in [3.63, 3.8) is 0 Å². The lowest BCUT2D eigenvalue weighted by atomic mass is 9.88. The second kappa shape index (κ2) is 5.70. The van der Waals surface area contributed by atoms with Crippen molar-refractivity contribution in [2.45, 2.75) is 32.2 Å². The largest absolute Gasteiger partial charge is 0.340 e. The standard InChI is InChI=1S/C15H21FN2O/c1-10(2)15(19)18-8-12(7-14(17)9-18)11-4-3-5-13(16)6-11/h3-6,10,12,14H,7-9,17H2,1-2H3. The number of carbonyl (C=O) groups is 1. The maximum atomic E-state index is 13.3. The Morgan fingerprint density at radius 3 is 2.79 bits per heavy atom. The van der Waals surface area contributed by atoms with E-state index in [9.17, 15) is 9.18 Å². The molecule has 2 rings (SSSR count). The fourth-order valence-electron chi connectivity index (χ4n) is 2.69. The van der Waals surface area contributed by atoms with E-state index < -0.39 is 0 Å². The molecule has 1 aromatic carbocycles. The van der Waals surface area contributed by atoms with Gasteiger partial charge in [-0.15, -0.1) is 0 Å². The summed E-state index contributed by atoms with van der Waals surface area (Å²) in [6.07, 6.45) is 0.797. The summed E-state index contributed by atoms with van der Waals surface area (Å²) in [4.78, 5) is 13.9. The molecular weight excluding hydrogens is 243 g/mol. The minimum atomic E-state index is -0.238. The summed E-state index contributed by atoms with van der Waals surface area (Å²) in [5.74, 6) is -0.0180. The van der Waals surface area contributed by atoms with E-state index in [1.807, 2.05) is 24.8 Å². The molecule has 2 N–H and O–H groups in total. The van der Waals surface area contributed by atoms with E-state index in [-0.39, 0.29) is 29.6 Å². The number of piperidine rings is 1. The average Bonchev–Trinajstić information content (AvgIpc) is 2.37. The van der Waals surface area contributed by atoms with Gasteiger partial charge < -0.3 is 10.6 Å². The number of hydrogen-bond acceptors (Lipinski definition) is 2. The Kier molecular flexibility index (Phi) is 4.20. The first-order valence-corrected chi connectivity index (χ1v) is 6.77. The first-order valence-electron chi connectivity index (χ1n) is 6.77. The molecule has 2 unspecified atom stereocenters. The summed E-state index contributed by atoms with van der Waals surface area (Å²) in [5, 5.41) is 0. The van der Waals surface area contributed by atoms with Crippen LogP contribution in [0.15, 0.2) is 24.3 Å². The predicted molar refractivity (Wildman–Crippen MR) is 73.2 cm³/mol. The number of likely N-dealkylation sites (tertiary alicyclic amines) is 1. The lowest BCUT2D eigenvalue weighted by molar-refractivity contribution is -0.136. The zero-order valence-corrected chi connectivity index (χ0v) is 11.5. The molecule has 1 saturated heterocycles. The Hall–Kier alpha value is -1.42. The van der Waals surface area contributed by atoms with E-state index in [1.165, 1.54) is 6.07 Å². The van der Waals surface area contributed by atoms with Gasteiger partial charge in [-0.25, -0.2) is 4.39 Å². The molecule has 1 heterocycles. The van der Waals surface area contributed by atoms with Crippen LogP contribution in [0.2, 0.25) is 0 Å². The Morgan fingerprint density at radius 2 is 2.16 bits per heavy atom. The third-order valence-corrected chi connectivity index (χ3v) is 3.61. The molecule has 1 aliphatic heterocycles.